The number of pyridine rings is 1. The first-order valence-corrected chi connectivity index (χ1v) is 9.09. The molecule has 0 aliphatic heterocycles. The van der Waals surface area contributed by atoms with Gasteiger partial charge in [0.05, 0.1) is 6.54 Å². The summed E-state index contributed by atoms with van der Waals surface area (Å²) in [5.41, 5.74) is 1.90. The van der Waals surface area contributed by atoms with Crippen molar-refractivity contribution in [3.05, 3.63) is 84.6 Å². The first-order valence-electron chi connectivity index (χ1n) is 9.09. The van der Waals surface area contributed by atoms with Crippen LogP contribution < -0.4 is 15.0 Å². The van der Waals surface area contributed by atoms with E-state index in [2.05, 4.69) is 10.3 Å². The molecule has 0 saturated carbocycles. The molecule has 2 N–H and O–H groups in total. The van der Waals surface area contributed by atoms with Crippen molar-refractivity contribution in [2.45, 2.75) is 6.54 Å². The van der Waals surface area contributed by atoms with Gasteiger partial charge in [-0.3, -0.25) is 4.79 Å². The van der Waals surface area contributed by atoms with Crippen LogP contribution in [-0.4, -0.2) is 35.8 Å². The maximum absolute atomic E-state index is 11.2. The fraction of sp³-hybridized carbons (Fsp3) is 0.182. The van der Waals surface area contributed by atoms with Crippen molar-refractivity contribution in [1.29, 1.82) is 0 Å². The van der Waals surface area contributed by atoms with Crippen LogP contribution in [0.15, 0.2) is 79.0 Å². The molecule has 28 heavy (non-hydrogen) atoms. The Morgan fingerprint density at radius 3 is 2.43 bits per heavy atom. The van der Waals surface area contributed by atoms with Crippen molar-refractivity contribution in [3.63, 3.8) is 0 Å². The van der Waals surface area contributed by atoms with Crippen LogP contribution in [0, 0.1) is 0 Å². The summed E-state index contributed by atoms with van der Waals surface area (Å²) in [6.45, 7) is 1.63. The number of hydrogen-bond donors (Lipinski definition) is 2. The average Bonchev–Trinajstić information content (AvgIpc) is 2.73. The summed E-state index contributed by atoms with van der Waals surface area (Å²) < 4.78 is 5.74. The summed E-state index contributed by atoms with van der Waals surface area (Å²) in [5, 5.41) is 12.4. The largest absolute Gasteiger partial charge is 0.492 e. The molecule has 3 aromatic rings. The lowest BCUT2D eigenvalue weighted by Gasteiger charge is -2.23. The summed E-state index contributed by atoms with van der Waals surface area (Å²) in [4.78, 5) is 17.2. The summed E-state index contributed by atoms with van der Waals surface area (Å²) in [5.74, 6) is 0.737. The van der Waals surface area contributed by atoms with E-state index in [1.54, 1.807) is 6.20 Å². The van der Waals surface area contributed by atoms with Crippen molar-refractivity contribution in [2.24, 2.45) is 0 Å². The highest BCUT2D eigenvalue weighted by atomic mass is 16.5. The third-order valence-corrected chi connectivity index (χ3v) is 4.09. The predicted molar refractivity (Wildman–Crippen MR) is 110 cm³/mol. The van der Waals surface area contributed by atoms with E-state index >= 15 is 0 Å². The molecule has 0 fully saturated rings. The van der Waals surface area contributed by atoms with E-state index in [1.807, 2.05) is 77.7 Å². The van der Waals surface area contributed by atoms with Crippen LogP contribution in [-0.2, 0) is 11.3 Å². The molecule has 3 rings (SSSR count). The van der Waals surface area contributed by atoms with Gasteiger partial charge >= 0.3 is 5.97 Å². The van der Waals surface area contributed by atoms with E-state index in [1.165, 1.54) is 0 Å². The normalized spacial score (nSPS) is 10.3. The zero-order valence-corrected chi connectivity index (χ0v) is 15.5. The third kappa shape index (κ3) is 6.02. The number of para-hydroxylation sites is 1. The molecule has 0 atom stereocenters. The molecule has 0 amide bonds. The number of aliphatic carboxylic acids is 1. The quantitative estimate of drug-likeness (QED) is 0.525. The van der Waals surface area contributed by atoms with E-state index in [9.17, 15) is 9.90 Å². The van der Waals surface area contributed by atoms with Gasteiger partial charge in [-0.05, 0) is 42.0 Å². The topological polar surface area (TPSA) is 74.7 Å². The summed E-state index contributed by atoms with van der Waals surface area (Å²) in [6.07, 6.45) is 1.74. The maximum Gasteiger partial charge on any atom is 0.323 e. The maximum atomic E-state index is 11.2. The highest BCUT2D eigenvalue weighted by molar-refractivity contribution is 5.73. The summed E-state index contributed by atoms with van der Waals surface area (Å²) in [6, 6.07) is 23.0. The van der Waals surface area contributed by atoms with E-state index in [-0.39, 0.29) is 6.54 Å². The third-order valence-electron chi connectivity index (χ3n) is 4.09. The number of rotatable bonds is 10. The van der Waals surface area contributed by atoms with Gasteiger partial charge in [-0.25, -0.2) is 4.98 Å². The molecule has 0 aliphatic rings. The Bertz CT molecular complexity index is 855. The van der Waals surface area contributed by atoms with Gasteiger partial charge in [-0.2, -0.15) is 0 Å². The fourth-order valence-corrected chi connectivity index (χ4v) is 2.77. The smallest absolute Gasteiger partial charge is 0.323 e. The molecule has 144 valence electrons. The molecule has 1 heterocycles. The molecule has 0 unspecified atom stereocenters. The fourth-order valence-electron chi connectivity index (χ4n) is 2.77. The minimum Gasteiger partial charge on any atom is -0.492 e. The Morgan fingerprint density at radius 1 is 1.00 bits per heavy atom. The van der Waals surface area contributed by atoms with E-state index in [4.69, 9.17) is 4.74 Å². The zero-order chi connectivity index (χ0) is 19.6. The number of aromatic nitrogens is 1. The number of nitrogens with zero attached hydrogens (tertiary/aromatic N) is 2. The number of carboxylic acids is 1. The molecule has 0 radical (unpaired) electrons. The number of anilines is 2. The molecule has 0 bridgehead atoms. The van der Waals surface area contributed by atoms with Crippen LogP contribution in [0.5, 0.6) is 5.75 Å². The first kappa shape index (κ1) is 19.2. The second-order valence-electron chi connectivity index (χ2n) is 6.22. The summed E-state index contributed by atoms with van der Waals surface area (Å²) >= 11 is 0. The summed E-state index contributed by atoms with van der Waals surface area (Å²) in [7, 11) is 0. The average molecular weight is 377 g/mol. The lowest BCUT2D eigenvalue weighted by atomic mass is 10.2. The van der Waals surface area contributed by atoms with Crippen molar-refractivity contribution >= 4 is 17.5 Å². The Hall–Kier alpha value is -3.54. The van der Waals surface area contributed by atoms with Crippen LogP contribution in [0.1, 0.15) is 5.56 Å². The SMILES string of the molecule is O=C(O)CN(Cc1ccc(OCCNc2ccccn2)cc1)c1ccccc1. The van der Waals surface area contributed by atoms with E-state index in [0.717, 1.165) is 22.8 Å². The van der Waals surface area contributed by atoms with Crippen LogP contribution >= 0.6 is 0 Å². The number of hydrogen-bond acceptors (Lipinski definition) is 5. The number of ether oxygens (including phenoxy) is 1. The first-order chi connectivity index (χ1) is 13.7. The Labute approximate surface area is 164 Å². The lowest BCUT2D eigenvalue weighted by Crippen LogP contribution is -2.29. The zero-order valence-electron chi connectivity index (χ0n) is 15.5. The predicted octanol–water partition coefficient (Wildman–Crippen LogP) is 3.66. The van der Waals surface area contributed by atoms with Gasteiger partial charge in [0.2, 0.25) is 0 Å². The molecule has 6 heteroatoms. The van der Waals surface area contributed by atoms with Gasteiger partial charge in [0.1, 0.15) is 24.7 Å². The molecule has 0 aliphatic carbocycles. The van der Waals surface area contributed by atoms with Crippen molar-refractivity contribution < 1.29 is 14.6 Å². The van der Waals surface area contributed by atoms with Gasteiger partial charge in [0.15, 0.2) is 0 Å². The Kier molecular flexibility index (Phi) is 6.84. The second kappa shape index (κ2) is 9.97. The monoisotopic (exact) mass is 377 g/mol. The number of nitrogens with one attached hydrogen (secondary N) is 1. The van der Waals surface area contributed by atoms with Crippen LogP contribution in [0.4, 0.5) is 11.5 Å². The molecule has 6 nitrogen and oxygen atoms in total. The molecular weight excluding hydrogens is 354 g/mol. The standard InChI is InChI=1S/C22H23N3O3/c26-22(27)17-25(19-6-2-1-3-7-19)16-18-9-11-20(12-10-18)28-15-14-24-21-8-4-5-13-23-21/h1-13H,14-17H2,(H,23,24)(H,26,27). The number of carboxylic acid groups (broad SMARTS) is 1. The Balaban J connectivity index is 1.52. The minimum atomic E-state index is -0.857. The van der Waals surface area contributed by atoms with Crippen molar-refractivity contribution in [2.75, 3.05) is 29.9 Å². The van der Waals surface area contributed by atoms with Crippen LogP contribution in [0.25, 0.3) is 0 Å². The van der Waals surface area contributed by atoms with Crippen LogP contribution in [0.3, 0.4) is 0 Å². The molecule has 0 spiro atoms. The second-order valence-corrected chi connectivity index (χ2v) is 6.22. The van der Waals surface area contributed by atoms with Crippen molar-refractivity contribution in [1.82, 2.24) is 4.98 Å². The highest BCUT2D eigenvalue weighted by Crippen LogP contribution is 2.18. The minimum absolute atomic E-state index is 0.0541. The Morgan fingerprint density at radius 2 is 1.75 bits per heavy atom. The van der Waals surface area contributed by atoms with Crippen molar-refractivity contribution in [3.8, 4) is 5.75 Å². The highest BCUT2D eigenvalue weighted by Gasteiger charge is 2.11. The number of carbonyl (C=O) groups is 1. The molecule has 1 aromatic heterocycles. The van der Waals surface area contributed by atoms with Gasteiger partial charge in [0.25, 0.3) is 0 Å². The molecule has 0 saturated heterocycles. The lowest BCUT2D eigenvalue weighted by molar-refractivity contribution is -0.135. The number of benzene rings is 2. The van der Waals surface area contributed by atoms with Gasteiger partial charge in [0, 0.05) is 18.4 Å². The molecular formula is C22H23N3O3. The van der Waals surface area contributed by atoms with Gasteiger partial charge in [-0.1, -0.05) is 36.4 Å². The van der Waals surface area contributed by atoms with Gasteiger partial charge < -0.3 is 20.1 Å². The van der Waals surface area contributed by atoms with Crippen LogP contribution in [0.2, 0.25) is 0 Å². The van der Waals surface area contributed by atoms with E-state index < -0.39 is 5.97 Å². The van der Waals surface area contributed by atoms with Gasteiger partial charge in [-0.15, -0.1) is 0 Å². The molecule has 2 aromatic carbocycles. The van der Waals surface area contributed by atoms with E-state index in [0.29, 0.717) is 19.7 Å².